The average Bonchev–Trinajstić information content (AvgIpc) is 2.40. The average molecular weight is 246 g/mol. The molecule has 0 aromatic heterocycles. The van der Waals surface area contributed by atoms with Crippen molar-refractivity contribution in [1.82, 2.24) is 0 Å². The van der Waals surface area contributed by atoms with Crippen LogP contribution in [0.4, 0.5) is 0 Å². The SMILES string of the molecule is NCc1ccc(S(=O)(=O)c2cc[c]cc2)cc1. The van der Waals surface area contributed by atoms with Crippen molar-refractivity contribution in [3.63, 3.8) is 0 Å². The van der Waals surface area contributed by atoms with Crippen LogP contribution in [0.2, 0.25) is 0 Å². The van der Waals surface area contributed by atoms with Crippen LogP contribution in [0.3, 0.4) is 0 Å². The van der Waals surface area contributed by atoms with Crippen LogP contribution in [0.5, 0.6) is 0 Å². The van der Waals surface area contributed by atoms with Gasteiger partial charge in [0, 0.05) is 6.54 Å². The van der Waals surface area contributed by atoms with E-state index in [1.165, 1.54) is 12.1 Å². The van der Waals surface area contributed by atoms with Crippen LogP contribution in [0, 0.1) is 6.07 Å². The molecule has 0 saturated heterocycles. The molecule has 2 rings (SSSR count). The van der Waals surface area contributed by atoms with Crippen molar-refractivity contribution in [1.29, 1.82) is 0 Å². The summed E-state index contributed by atoms with van der Waals surface area (Å²) in [5.74, 6) is 0. The maximum atomic E-state index is 12.2. The summed E-state index contributed by atoms with van der Waals surface area (Å²) in [6.07, 6.45) is 0. The molecule has 0 amide bonds. The normalized spacial score (nSPS) is 11.4. The highest BCUT2D eigenvalue weighted by molar-refractivity contribution is 7.91. The zero-order valence-corrected chi connectivity index (χ0v) is 9.94. The lowest BCUT2D eigenvalue weighted by molar-refractivity contribution is 0.596. The molecular weight excluding hydrogens is 234 g/mol. The van der Waals surface area contributed by atoms with Crippen LogP contribution in [-0.4, -0.2) is 8.42 Å². The fourth-order valence-electron chi connectivity index (χ4n) is 1.49. The van der Waals surface area contributed by atoms with Gasteiger partial charge in [0.1, 0.15) is 0 Å². The summed E-state index contributed by atoms with van der Waals surface area (Å²) in [6, 6.07) is 15.6. The molecule has 3 nitrogen and oxygen atoms in total. The molecule has 0 heterocycles. The van der Waals surface area contributed by atoms with Crippen molar-refractivity contribution in [3.8, 4) is 0 Å². The number of benzene rings is 2. The molecular formula is C13H12NO2S. The summed E-state index contributed by atoms with van der Waals surface area (Å²) in [6.45, 7) is 0.403. The first-order valence-corrected chi connectivity index (χ1v) is 6.63. The highest BCUT2D eigenvalue weighted by atomic mass is 32.2. The topological polar surface area (TPSA) is 60.2 Å². The minimum atomic E-state index is -3.42. The smallest absolute Gasteiger partial charge is 0.206 e. The Bertz CT molecular complexity index is 589. The summed E-state index contributed by atoms with van der Waals surface area (Å²) in [7, 11) is -3.42. The van der Waals surface area contributed by atoms with Gasteiger partial charge in [0.2, 0.25) is 9.84 Å². The first kappa shape index (κ1) is 11.8. The van der Waals surface area contributed by atoms with Gasteiger partial charge in [-0.25, -0.2) is 8.42 Å². The van der Waals surface area contributed by atoms with Gasteiger partial charge in [0.15, 0.2) is 0 Å². The Hall–Kier alpha value is -1.65. The van der Waals surface area contributed by atoms with Crippen LogP contribution in [0.1, 0.15) is 5.56 Å². The van der Waals surface area contributed by atoms with E-state index < -0.39 is 9.84 Å². The predicted octanol–water partition coefficient (Wildman–Crippen LogP) is 1.78. The van der Waals surface area contributed by atoms with E-state index in [0.717, 1.165) is 5.56 Å². The quantitative estimate of drug-likeness (QED) is 0.898. The highest BCUT2D eigenvalue weighted by Crippen LogP contribution is 2.20. The fourth-order valence-corrected chi connectivity index (χ4v) is 2.75. The Kier molecular flexibility index (Phi) is 3.26. The van der Waals surface area contributed by atoms with E-state index in [2.05, 4.69) is 6.07 Å². The Morgan fingerprint density at radius 2 is 1.47 bits per heavy atom. The van der Waals surface area contributed by atoms with E-state index >= 15 is 0 Å². The second kappa shape index (κ2) is 4.69. The number of sulfone groups is 1. The van der Waals surface area contributed by atoms with Gasteiger partial charge >= 0.3 is 0 Å². The second-order valence-electron chi connectivity index (χ2n) is 3.59. The molecule has 0 spiro atoms. The minimum Gasteiger partial charge on any atom is -0.326 e. The summed E-state index contributed by atoms with van der Waals surface area (Å²) in [5.41, 5.74) is 6.37. The maximum absolute atomic E-state index is 12.2. The molecule has 0 aliphatic heterocycles. The van der Waals surface area contributed by atoms with Crippen molar-refractivity contribution in [2.45, 2.75) is 16.3 Å². The minimum absolute atomic E-state index is 0.275. The molecule has 0 fully saturated rings. The van der Waals surface area contributed by atoms with Crippen LogP contribution in [0.25, 0.3) is 0 Å². The molecule has 0 aliphatic carbocycles. The standard InChI is InChI=1S/C13H12NO2S/c14-10-11-6-8-13(9-7-11)17(15,16)12-4-2-1-3-5-12/h2-9H,10,14H2. The van der Waals surface area contributed by atoms with Crippen molar-refractivity contribution in [2.75, 3.05) is 0 Å². The first-order chi connectivity index (χ1) is 8.14. The van der Waals surface area contributed by atoms with E-state index in [1.807, 2.05) is 0 Å². The lowest BCUT2D eigenvalue weighted by Crippen LogP contribution is -2.02. The first-order valence-electron chi connectivity index (χ1n) is 5.15. The lowest BCUT2D eigenvalue weighted by Gasteiger charge is -2.05. The fraction of sp³-hybridized carbons (Fsp3) is 0.0769. The molecule has 1 radical (unpaired) electrons. The predicted molar refractivity (Wildman–Crippen MR) is 65.1 cm³/mol. The Morgan fingerprint density at radius 3 is 2.00 bits per heavy atom. The Morgan fingerprint density at radius 1 is 0.941 bits per heavy atom. The third-order valence-corrected chi connectivity index (χ3v) is 4.25. The van der Waals surface area contributed by atoms with Crippen molar-refractivity contribution in [3.05, 3.63) is 60.2 Å². The molecule has 2 aromatic carbocycles. The van der Waals surface area contributed by atoms with Crippen LogP contribution < -0.4 is 5.73 Å². The molecule has 0 aliphatic rings. The van der Waals surface area contributed by atoms with Crippen LogP contribution >= 0.6 is 0 Å². The van der Waals surface area contributed by atoms with Gasteiger partial charge in [0.05, 0.1) is 9.79 Å². The summed E-state index contributed by atoms with van der Waals surface area (Å²) >= 11 is 0. The molecule has 87 valence electrons. The van der Waals surface area contributed by atoms with E-state index in [0.29, 0.717) is 6.54 Å². The number of hydrogen-bond acceptors (Lipinski definition) is 3. The van der Waals surface area contributed by atoms with E-state index in [4.69, 9.17) is 5.73 Å². The maximum Gasteiger partial charge on any atom is 0.206 e. The van der Waals surface area contributed by atoms with E-state index in [9.17, 15) is 8.42 Å². The number of rotatable bonds is 3. The molecule has 0 bridgehead atoms. The molecule has 2 N–H and O–H groups in total. The monoisotopic (exact) mass is 246 g/mol. The molecule has 0 saturated carbocycles. The van der Waals surface area contributed by atoms with Crippen molar-refractivity contribution >= 4 is 9.84 Å². The lowest BCUT2D eigenvalue weighted by atomic mass is 10.2. The summed E-state index contributed by atoms with van der Waals surface area (Å²) < 4.78 is 24.4. The second-order valence-corrected chi connectivity index (χ2v) is 5.54. The van der Waals surface area contributed by atoms with Crippen molar-refractivity contribution < 1.29 is 8.42 Å². The van der Waals surface area contributed by atoms with Gasteiger partial charge in [-0.15, -0.1) is 0 Å². The molecule has 0 atom stereocenters. The van der Waals surface area contributed by atoms with Gasteiger partial charge < -0.3 is 5.73 Å². The third kappa shape index (κ3) is 2.38. The van der Waals surface area contributed by atoms with Gasteiger partial charge in [0.25, 0.3) is 0 Å². The summed E-state index contributed by atoms with van der Waals surface area (Å²) in [5, 5.41) is 0. The zero-order valence-electron chi connectivity index (χ0n) is 9.13. The van der Waals surface area contributed by atoms with E-state index in [1.54, 1.807) is 36.4 Å². The number of nitrogens with two attached hydrogens (primary N) is 1. The molecule has 17 heavy (non-hydrogen) atoms. The van der Waals surface area contributed by atoms with Gasteiger partial charge in [-0.3, -0.25) is 0 Å². The van der Waals surface area contributed by atoms with Crippen LogP contribution in [0.15, 0.2) is 58.3 Å². The van der Waals surface area contributed by atoms with Crippen molar-refractivity contribution in [2.24, 2.45) is 5.73 Å². The van der Waals surface area contributed by atoms with Gasteiger partial charge in [-0.1, -0.05) is 24.3 Å². The molecule has 4 heteroatoms. The number of hydrogen-bond donors (Lipinski definition) is 1. The van der Waals surface area contributed by atoms with Crippen LogP contribution in [-0.2, 0) is 16.4 Å². The zero-order chi connectivity index (χ0) is 12.3. The highest BCUT2D eigenvalue weighted by Gasteiger charge is 2.16. The van der Waals surface area contributed by atoms with Gasteiger partial charge in [-0.05, 0) is 35.9 Å². The Balaban J connectivity index is 2.45. The molecule has 0 unspecified atom stereocenters. The van der Waals surface area contributed by atoms with E-state index in [-0.39, 0.29) is 9.79 Å². The largest absolute Gasteiger partial charge is 0.326 e. The van der Waals surface area contributed by atoms with Gasteiger partial charge in [-0.2, -0.15) is 0 Å². The molecule has 2 aromatic rings. The Labute approximate surface area is 101 Å². The third-order valence-electron chi connectivity index (χ3n) is 2.47. The summed E-state index contributed by atoms with van der Waals surface area (Å²) in [4.78, 5) is 0.553.